The van der Waals surface area contributed by atoms with Crippen molar-refractivity contribution in [2.45, 2.75) is 6.42 Å². The highest BCUT2D eigenvalue weighted by molar-refractivity contribution is 5.79. The normalized spacial score (nSPS) is 10.4. The zero-order valence-electron chi connectivity index (χ0n) is 7.73. The molecule has 1 heterocycles. The quantitative estimate of drug-likeness (QED) is 0.540. The van der Waals surface area contributed by atoms with Crippen LogP contribution in [0.25, 0.3) is 6.08 Å². The molecule has 4 nitrogen and oxygen atoms in total. The fourth-order valence-corrected chi connectivity index (χ4v) is 0.930. The van der Waals surface area contributed by atoms with Gasteiger partial charge in [0.2, 0.25) is 0 Å². The van der Waals surface area contributed by atoms with Crippen LogP contribution in [0.4, 0.5) is 0 Å². The highest BCUT2D eigenvalue weighted by Gasteiger charge is 2.01. The molecule has 0 aromatic carbocycles. The average Bonchev–Trinajstić information content (AvgIpc) is 2.65. The SMILES string of the molecule is COC(=O)CC=Cc1ccoc1C=O. The van der Waals surface area contributed by atoms with Gasteiger partial charge in [-0.15, -0.1) is 0 Å². The van der Waals surface area contributed by atoms with E-state index in [-0.39, 0.29) is 18.2 Å². The zero-order valence-corrected chi connectivity index (χ0v) is 7.73. The number of ether oxygens (including phenoxy) is 1. The number of methoxy groups -OCH3 is 1. The first-order chi connectivity index (χ1) is 6.77. The molecule has 0 atom stereocenters. The van der Waals surface area contributed by atoms with Crippen LogP contribution in [0, 0.1) is 0 Å². The lowest BCUT2D eigenvalue weighted by Crippen LogP contribution is -1.96. The molecule has 4 heteroatoms. The maximum atomic E-state index is 10.7. The van der Waals surface area contributed by atoms with E-state index in [0.717, 1.165) is 0 Å². The van der Waals surface area contributed by atoms with Gasteiger partial charge in [-0.2, -0.15) is 0 Å². The molecule has 0 aliphatic rings. The van der Waals surface area contributed by atoms with E-state index in [1.807, 2.05) is 0 Å². The molecular weight excluding hydrogens is 184 g/mol. The van der Waals surface area contributed by atoms with E-state index in [4.69, 9.17) is 4.42 Å². The Hall–Kier alpha value is -1.84. The summed E-state index contributed by atoms with van der Waals surface area (Å²) in [7, 11) is 1.32. The maximum Gasteiger partial charge on any atom is 0.309 e. The van der Waals surface area contributed by atoms with Crippen LogP contribution in [-0.4, -0.2) is 19.4 Å². The van der Waals surface area contributed by atoms with Crippen LogP contribution < -0.4 is 0 Å². The fraction of sp³-hybridized carbons (Fsp3) is 0.200. The van der Waals surface area contributed by atoms with E-state index >= 15 is 0 Å². The van der Waals surface area contributed by atoms with Crippen molar-refractivity contribution in [3.05, 3.63) is 29.7 Å². The van der Waals surface area contributed by atoms with Gasteiger partial charge in [0, 0.05) is 5.56 Å². The van der Waals surface area contributed by atoms with Crippen molar-refractivity contribution in [3.8, 4) is 0 Å². The molecule has 0 amide bonds. The maximum absolute atomic E-state index is 10.7. The summed E-state index contributed by atoms with van der Waals surface area (Å²) in [5.41, 5.74) is 0.656. The van der Waals surface area contributed by atoms with E-state index in [0.29, 0.717) is 11.8 Å². The van der Waals surface area contributed by atoms with E-state index in [1.165, 1.54) is 13.4 Å². The third-order valence-electron chi connectivity index (χ3n) is 1.64. The lowest BCUT2D eigenvalue weighted by molar-refractivity contribution is -0.139. The van der Waals surface area contributed by atoms with Crippen molar-refractivity contribution in [3.63, 3.8) is 0 Å². The van der Waals surface area contributed by atoms with Crippen molar-refractivity contribution in [1.82, 2.24) is 0 Å². The Morgan fingerprint density at radius 2 is 2.43 bits per heavy atom. The number of carbonyl (C=O) groups excluding carboxylic acids is 2. The molecule has 0 spiro atoms. The molecule has 0 N–H and O–H groups in total. The number of furan rings is 1. The molecule has 0 radical (unpaired) electrons. The first-order valence-corrected chi connectivity index (χ1v) is 4.04. The molecular formula is C10H10O4. The molecule has 14 heavy (non-hydrogen) atoms. The van der Waals surface area contributed by atoms with Gasteiger partial charge in [-0.1, -0.05) is 12.2 Å². The van der Waals surface area contributed by atoms with Gasteiger partial charge in [-0.3, -0.25) is 9.59 Å². The van der Waals surface area contributed by atoms with Gasteiger partial charge >= 0.3 is 5.97 Å². The smallest absolute Gasteiger partial charge is 0.309 e. The largest absolute Gasteiger partial charge is 0.469 e. The van der Waals surface area contributed by atoms with Gasteiger partial charge < -0.3 is 9.15 Å². The van der Waals surface area contributed by atoms with Crippen LogP contribution in [0.5, 0.6) is 0 Å². The van der Waals surface area contributed by atoms with E-state index in [1.54, 1.807) is 18.2 Å². The molecule has 0 aliphatic carbocycles. The molecule has 0 bridgehead atoms. The Bertz CT molecular complexity index is 349. The predicted octanol–water partition coefficient (Wildman–Crippen LogP) is 1.67. The summed E-state index contributed by atoms with van der Waals surface area (Å²) in [4.78, 5) is 21.2. The molecule has 0 fully saturated rings. The van der Waals surface area contributed by atoms with Crippen molar-refractivity contribution < 1.29 is 18.7 Å². The summed E-state index contributed by atoms with van der Waals surface area (Å²) in [6.07, 6.45) is 5.48. The number of rotatable bonds is 4. The van der Waals surface area contributed by atoms with Crippen molar-refractivity contribution in [2.24, 2.45) is 0 Å². The molecule has 0 aliphatic heterocycles. The molecule has 74 valence electrons. The summed E-state index contributed by atoms with van der Waals surface area (Å²) >= 11 is 0. The Morgan fingerprint density at radius 3 is 3.07 bits per heavy atom. The molecule has 1 aromatic rings. The summed E-state index contributed by atoms with van der Waals surface area (Å²) < 4.78 is 9.31. The van der Waals surface area contributed by atoms with Crippen LogP contribution in [0.15, 0.2) is 22.8 Å². The summed E-state index contributed by atoms with van der Waals surface area (Å²) in [6, 6.07) is 1.65. The van der Waals surface area contributed by atoms with Crippen LogP contribution in [0.1, 0.15) is 22.5 Å². The van der Waals surface area contributed by atoms with Gasteiger partial charge in [0.15, 0.2) is 12.0 Å². The van der Waals surface area contributed by atoms with E-state index in [2.05, 4.69) is 4.74 Å². The average molecular weight is 194 g/mol. The number of hydrogen-bond donors (Lipinski definition) is 0. The summed E-state index contributed by atoms with van der Waals surface area (Å²) in [6.45, 7) is 0. The number of esters is 1. The van der Waals surface area contributed by atoms with Crippen LogP contribution in [0.2, 0.25) is 0 Å². The number of aldehydes is 1. The minimum absolute atomic E-state index is 0.181. The van der Waals surface area contributed by atoms with E-state index < -0.39 is 0 Å². The highest BCUT2D eigenvalue weighted by atomic mass is 16.5. The Morgan fingerprint density at radius 1 is 1.64 bits per heavy atom. The van der Waals surface area contributed by atoms with Crippen molar-refractivity contribution in [1.29, 1.82) is 0 Å². The Balaban J connectivity index is 2.59. The molecule has 0 saturated carbocycles. The van der Waals surface area contributed by atoms with Crippen molar-refractivity contribution in [2.75, 3.05) is 7.11 Å². The van der Waals surface area contributed by atoms with Crippen LogP contribution in [0.3, 0.4) is 0 Å². The predicted molar refractivity (Wildman–Crippen MR) is 49.8 cm³/mol. The molecule has 1 rings (SSSR count). The fourth-order valence-electron chi connectivity index (χ4n) is 0.930. The second-order valence-corrected chi connectivity index (χ2v) is 2.54. The zero-order chi connectivity index (χ0) is 10.4. The Labute approximate surface area is 81.2 Å². The highest BCUT2D eigenvalue weighted by Crippen LogP contribution is 2.10. The van der Waals surface area contributed by atoms with Crippen molar-refractivity contribution >= 4 is 18.3 Å². The number of carbonyl (C=O) groups is 2. The molecule has 0 saturated heterocycles. The third kappa shape index (κ3) is 2.58. The summed E-state index contributed by atoms with van der Waals surface area (Å²) in [5.74, 6) is -0.0662. The van der Waals surface area contributed by atoms with Gasteiger partial charge in [0.05, 0.1) is 19.8 Å². The lowest BCUT2D eigenvalue weighted by Gasteiger charge is -1.91. The lowest BCUT2D eigenvalue weighted by atomic mass is 10.2. The monoisotopic (exact) mass is 194 g/mol. The second kappa shape index (κ2) is 5.01. The van der Waals surface area contributed by atoms with Crippen LogP contribution >= 0.6 is 0 Å². The van der Waals surface area contributed by atoms with Gasteiger partial charge in [-0.25, -0.2) is 0 Å². The minimum atomic E-state index is -0.322. The first kappa shape index (κ1) is 10.2. The van der Waals surface area contributed by atoms with Gasteiger partial charge in [0.1, 0.15) is 0 Å². The molecule has 1 aromatic heterocycles. The van der Waals surface area contributed by atoms with Crippen LogP contribution in [-0.2, 0) is 9.53 Å². The van der Waals surface area contributed by atoms with Gasteiger partial charge in [0.25, 0.3) is 0 Å². The van der Waals surface area contributed by atoms with E-state index in [9.17, 15) is 9.59 Å². The minimum Gasteiger partial charge on any atom is -0.469 e. The third-order valence-corrected chi connectivity index (χ3v) is 1.64. The number of hydrogen-bond acceptors (Lipinski definition) is 4. The Kier molecular flexibility index (Phi) is 3.67. The first-order valence-electron chi connectivity index (χ1n) is 4.04. The topological polar surface area (TPSA) is 56.5 Å². The second-order valence-electron chi connectivity index (χ2n) is 2.54. The van der Waals surface area contributed by atoms with Gasteiger partial charge in [-0.05, 0) is 6.07 Å². The molecule has 0 unspecified atom stereocenters. The summed E-state index contributed by atoms with van der Waals surface area (Å²) in [5, 5.41) is 0. The standard InChI is InChI=1S/C10H10O4/c1-13-10(12)4-2-3-8-5-6-14-9(8)7-11/h2-3,5-7H,4H2,1H3.